The van der Waals surface area contributed by atoms with Crippen molar-refractivity contribution in [2.24, 2.45) is 4.99 Å². The average Bonchev–Trinajstić information content (AvgIpc) is 3.23. The molecular formula is C29H22ClFN2O4S. The van der Waals surface area contributed by atoms with Gasteiger partial charge in [-0.25, -0.2) is 14.2 Å². The zero-order valence-corrected chi connectivity index (χ0v) is 22.1. The van der Waals surface area contributed by atoms with Crippen LogP contribution in [0.1, 0.15) is 29.7 Å². The van der Waals surface area contributed by atoms with E-state index in [4.69, 9.17) is 26.1 Å². The highest BCUT2D eigenvalue weighted by Crippen LogP contribution is 2.35. The molecule has 1 aliphatic rings. The molecule has 0 saturated heterocycles. The highest BCUT2D eigenvalue weighted by Gasteiger charge is 2.35. The smallest absolute Gasteiger partial charge is 0.338 e. The molecule has 2 heterocycles. The summed E-state index contributed by atoms with van der Waals surface area (Å²) in [6.45, 7) is 1.85. The quantitative estimate of drug-likeness (QED) is 0.326. The van der Waals surface area contributed by atoms with E-state index in [-0.39, 0.29) is 17.7 Å². The predicted molar refractivity (Wildman–Crippen MR) is 145 cm³/mol. The molecule has 0 spiro atoms. The molecule has 0 fully saturated rings. The lowest BCUT2D eigenvalue weighted by Gasteiger charge is -2.25. The molecule has 1 aliphatic heterocycles. The lowest BCUT2D eigenvalue weighted by molar-refractivity contribution is -0.138. The number of benzene rings is 3. The Labute approximate surface area is 226 Å². The fraction of sp³-hybridized carbons (Fsp3) is 0.138. The molecule has 0 radical (unpaired) electrons. The molecule has 6 nitrogen and oxygen atoms in total. The van der Waals surface area contributed by atoms with Crippen molar-refractivity contribution >= 4 is 40.7 Å². The zero-order valence-electron chi connectivity index (χ0n) is 20.5. The van der Waals surface area contributed by atoms with E-state index < -0.39 is 17.8 Å². The van der Waals surface area contributed by atoms with Crippen molar-refractivity contribution in [2.75, 3.05) is 13.7 Å². The minimum atomic E-state index is -0.885. The van der Waals surface area contributed by atoms with Crippen molar-refractivity contribution in [1.82, 2.24) is 4.57 Å². The molecule has 0 saturated carbocycles. The summed E-state index contributed by atoms with van der Waals surface area (Å²) in [6.07, 6.45) is 1.69. The molecule has 5 rings (SSSR count). The van der Waals surface area contributed by atoms with Crippen LogP contribution >= 0.6 is 22.9 Å². The van der Waals surface area contributed by atoms with Gasteiger partial charge < -0.3 is 9.47 Å². The Morgan fingerprint density at radius 2 is 1.87 bits per heavy atom. The number of aromatic nitrogens is 1. The summed E-state index contributed by atoms with van der Waals surface area (Å²) in [5.74, 6) is -0.484. The van der Waals surface area contributed by atoms with Gasteiger partial charge in [-0.2, -0.15) is 0 Å². The Morgan fingerprint density at radius 1 is 1.13 bits per heavy atom. The number of nitrogens with zero attached hydrogens (tertiary/aromatic N) is 2. The molecule has 0 N–H and O–H groups in total. The predicted octanol–water partition coefficient (Wildman–Crippen LogP) is 4.74. The van der Waals surface area contributed by atoms with Crippen molar-refractivity contribution in [1.29, 1.82) is 0 Å². The number of halogens is 2. The van der Waals surface area contributed by atoms with E-state index in [0.29, 0.717) is 42.5 Å². The third-order valence-corrected chi connectivity index (χ3v) is 7.26. The highest BCUT2D eigenvalue weighted by atomic mass is 35.5. The summed E-state index contributed by atoms with van der Waals surface area (Å²) >= 11 is 7.38. The summed E-state index contributed by atoms with van der Waals surface area (Å²) in [7, 11) is 1.54. The molecule has 4 aromatic rings. The summed E-state index contributed by atoms with van der Waals surface area (Å²) in [6, 6.07) is 19.2. The van der Waals surface area contributed by atoms with Crippen LogP contribution in [0, 0.1) is 5.82 Å². The second kappa shape index (κ2) is 10.8. The van der Waals surface area contributed by atoms with Crippen LogP contribution in [-0.2, 0) is 9.53 Å². The number of methoxy groups -OCH3 is 1. The van der Waals surface area contributed by atoms with Gasteiger partial charge in [-0.1, -0.05) is 65.4 Å². The first kappa shape index (κ1) is 25.6. The van der Waals surface area contributed by atoms with Crippen LogP contribution < -0.4 is 19.6 Å². The van der Waals surface area contributed by atoms with Crippen molar-refractivity contribution in [3.05, 3.63) is 126 Å². The monoisotopic (exact) mass is 548 g/mol. The van der Waals surface area contributed by atoms with Gasteiger partial charge in [0.1, 0.15) is 11.6 Å². The van der Waals surface area contributed by atoms with Gasteiger partial charge in [-0.3, -0.25) is 9.36 Å². The van der Waals surface area contributed by atoms with E-state index in [1.165, 1.54) is 35.1 Å². The first-order valence-corrected chi connectivity index (χ1v) is 13.0. The maximum atomic E-state index is 13.9. The number of hydrogen-bond acceptors (Lipinski definition) is 6. The third kappa shape index (κ3) is 4.80. The number of esters is 1. The fourth-order valence-corrected chi connectivity index (χ4v) is 5.53. The maximum absolute atomic E-state index is 13.9. The average molecular weight is 549 g/mol. The number of thiazole rings is 1. The number of fused-ring (bicyclic) bond motifs is 1. The standard InChI is InChI=1S/C29H22ClFN2O4S/c1-3-37-28(35)24-25(17-7-5-4-6-8-17)32-29-33(26(24)18-9-12-21(31)13-10-18)27(34)23(38-29)16-19-15-20(30)11-14-22(19)36-2/h4-16,26H,3H2,1-2H3/t26-/m0/s1. The Hall–Kier alpha value is -4.01. The van der Waals surface area contributed by atoms with Crippen molar-refractivity contribution < 1.29 is 18.7 Å². The second-order valence-electron chi connectivity index (χ2n) is 8.37. The van der Waals surface area contributed by atoms with Gasteiger partial charge in [-0.05, 0) is 48.9 Å². The minimum Gasteiger partial charge on any atom is -0.496 e. The van der Waals surface area contributed by atoms with Crippen LogP contribution in [0.25, 0.3) is 11.8 Å². The van der Waals surface area contributed by atoms with E-state index in [9.17, 15) is 14.0 Å². The number of ether oxygens (including phenoxy) is 2. The van der Waals surface area contributed by atoms with Gasteiger partial charge in [0, 0.05) is 16.1 Å². The Morgan fingerprint density at radius 3 is 2.55 bits per heavy atom. The van der Waals surface area contributed by atoms with E-state index in [0.717, 1.165) is 0 Å². The van der Waals surface area contributed by atoms with Gasteiger partial charge in [0.05, 0.1) is 35.6 Å². The second-order valence-corrected chi connectivity index (χ2v) is 9.81. The summed E-state index contributed by atoms with van der Waals surface area (Å²) < 4.78 is 26.6. The molecule has 0 amide bonds. The topological polar surface area (TPSA) is 69.9 Å². The van der Waals surface area contributed by atoms with Crippen molar-refractivity contribution in [3.63, 3.8) is 0 Å². The van der Waals surface area contributed by atoms with Gasteiger partial charge >= 0.3 is 5.97 Å². The molecule has 38 heavy (non-hydrogen) atoms. The number of rotatable bonds is 6. The largest absolute Gasteiger partial charge is 0.496 e. The summed E-state index contributed by atoms with van der Waals surface area (Å²) in [4.78, 5) is 32.5. The fourth-order valence-electron chi connectivity index (χ4n) is 4.36. The summed E-state index contributed by atoms with van der Waals surface area (Å²) in [5.41, 5.74) is 2.09. The highest BCUT2D eigenvalue weighted by molar-refractivity contribution is 7.07. The van der Waals surface area contributed by atoms with Gasteiger partial charge in [0.2, 0.25) is 0 Å². The lowest BCUT2D eigenvalue weighted by atomic mass is 9.93. The first-order valence-electron chi connectivity index (χ1n) is 11.8. The molecule has 0 unspecified atom stereocenters. The van der Waals surface area contributed by atoms with Crippen LogP contribution in [0.4, 0.5) is 4.39 Å². The number of hydrogen-bond donors (Lipinski definition) is 0. The van der Waals surface area contributed by atoms with E-state index in [1.807, 2.05) is 30.3 Å². The van der Waals surface area contributed by atoms with Crippen LogP contribution in [0.3, 0.4) is 0 Å². The SMILES string of the molecule is CCOC(=O)C1=C(c2ccccc2)N=c2sc(=Cc3cc(Cl)ccc3OC)c(=O)n2[C@H]1c1ccc(F)cc1. The van der Waals surface area contributed by atoms with E-state index in [2.05, 4.69) is 0 Å². The van der Waals surface area contributed by atoms with Gasteiger partial charge in [-0.15, -0.1) is 0 Å². The van der Waals surface area contributed by atoms with Gasteiger partial charge in [0.15, 0.2) is 4.80 Å². The molecule has 1 atom stereocenters. The molecule has 0 bridgehead atoms. The van der Waals surface area contributed by atoms with E-state index in [1.54, 1.807) is 43.3 Å². The molecular weight excluding hydrogens is 527 g/mol. The summed E-state index contributed by atoms with van der Waals surface area (Å²) in [5, 5.41) is 0.491. The Bertz CT molecular complexity index is 1730. The Balaban J connectivity index is 1.84. The van der Waals surface area contributed by atoms with Crippen LogP contribution in [0.15, 0.2) is 88.2 Å². The molecule has 9 heteroatoms. The van der Waals surface area contributed by atoms with Crippen LogP contribution in [0.5, 0.6) is 5.75 Å². The first-order chi connectivity index (χ1) is 18.4. The van der Waals surface area contributed by atoms with Gasteiger partial charge in [0.25, 0.3) is 5.56 Å². The lowest BCUT2D eigenvalue weighted by Crippen LogP contribution is -2.40. The van der Waals surface area contributed by atoms with E-state index >= 15 is 0 Å². The number of carbonyl (C=O) groups is 1. The molecule has 0 aliphatic carbocycles. The third-order valence-electron chi connectivity index (χ3n) is 6.04. The normalized spacial score (nSPS) is 15.2. The van der Waals surface area contributed by atoms with Crippen LogP contribution in [0.2, 0.25) is 5.02 Å². The molecule has 3 aromatic carbocycles. The maximum Gasteiger partial charge on any atom is 0.338 e. The molecule has 192 valence electrons. The Kier molecular flexibility index (Phi) is 7.26. The van der Waals surface area contributed by atoms with Crippen LogP contribution in [-0.4, -0.2) is 24.3 Å². The number of carbonyl (C=O) groups excluding carboxylic acids is 1. The van der Waals surface area contributed by atoms with Crippen molar-refractivity contribution in [2.45, 2.75) is 13.0 Å². The van der Waals surface area contributed by atoms with Crippen molar-refractivity contribution in [3.8, 4) is 5.75 Å². The zero-order chi connectivity index (χ0) is 26.8. The minimum absolute atomic E-state index is 0.138. The molecule has 1 aromatic heterocycles.